The maximum Gasteiger partial charge on any atom is 0.230 e. The summed E-state index contributed by atoms with van der Waals surface area (Å²) in [5, 5.41) is 17.3. The first-order valence-electron chi connectivity index (χ1n) is 5.98. The van der Waals surface area contributed by atoms with Gasteiger partial charge in [0.05, 0.1) is 12.6 Å². The predicted octanol–water partition coefficient (Wildman–Crippen LogP) is 1.57. The molecule has 0 bridgehead atoms. The van der Waals surface area contributed by atoms with Gasteiger partial charge in [-0.3, -0.25) is 4.90 Å². The third kappa shape index (κ3) is 4.83. The Bertz CT molecular complexity index is 342. The second-order valence-corrected chi connectivity index (χ2v) is 5.63. The van der Waals surface area contributed by atoms with Gasteiger partial charge in [0.25, 0.3) is 0 Å². The van der Waals surface area contributed by atoms with Crippen molar-refractivity contribution in [1.29, 1.82) is 0 Å². The van der Waals surface area contributed by atoms with Gasteiger partial charge in [0, 0.05) is 12.0 Å². The zero-order valence-electron chi connectivity index (χ0n) is 11.4. The lowest BCUT2D eigenvalue weighted by atomic mass is 9.97. The number of aromatic nitrogens is 2. The van der Waals surface area contributed by atoms with E-state index in [4.69, 9.17) is 4.42 Å². The summed E-state index contributed by atoms with van der Waals surface area (Å²) >= 11 is 0. The zero-order valence-corrected chi connectivity index (χ0v) is 11.4. The Balaban J connectivity index is 2.49. The van der Waals surface area contributed by atoms with E-state index in [1.54, 1.807) is 6.92 Å². The fraction of sp³-hybridized carbons (Fsp3) is 0.833. The first-order valence-corrected chi connectivity index (χ1v) is 5.98. The number of nitrogens with zero attached hydrogens (tertiary/aromatic N) is 3. The van der Waals surface area contributed by atoms with Crippen LogP contribution in [0.5, 0.6) is 0 Å². The van der Waals surface area contributed by atoms with Crippen molar-refractivity contribution in [2.75, 3.05) is 13.6 Å². The first-order chi connectivity index (χ1) is 7.79. The predicted molar refractivity (Wildman–Crippen MR) is 65.6 cm³/mol. The van der Waals surface area contributed by atoms with Crippen LogP contribution in [-0.4, -0.2) is 39.9 Å². The summed E-state index contributed by atoms with van der Waals surface area (Å²) in [5.41, 5.74) is -0.108. The molecule has 0 radical (unpaired) electrons. The zero-order chi connectivity index (χ0) is 13.1. The molecular formula is C12H23N3O2. The van der Waals surface area contributed by atoms with Crippen LogP contribution in [-0.2, 0) is 12.0 Å². The van der Waals surface area contributed by atoms with Gasteiger partial charge >= 0.3 is 0 Å². The Morgan fingerprint density at radius 3 is 2.47 bits per heavy atom. The molecule has 1 unspecified atom stereocenters. The van der Waals surface area contributed by atoms with Gasteiger partial charge in [-0.05, 0) is 20.4 Å². The fourth-order valence-electron chi connectivity index (χ4n) is 1.34. The number of hydrogen-bond donors (Lipinski definition) is 1. The fourth-order valence-corrected chi connectivity index (χ4v) is 1.34. The number of rotatable bonds is 5. The molecule has 1 aromatic heterocycles. The highest BCUT2D eigenvalue weighted by Crippen LogP contribution is 2.20. The Kier molecular flexibility index (Phi) is 4.65. The van der Waals surface area contributed by atoms with Crippen LogP contribution in [0.2, 0.25) is 0 Å². The standard InChI is InChI=1S/C12H23N3O2/c1-9(16)6-7-15(5)8-10-13-14-11(17-10)12(2,3)4/h9,16H,6-8H2,1-5H3. The topological polar surface area (TPSA) is 62.4 Å². The van der Waals surface area contributed by atoms with Gasteiger partial charge < -0.3 is 9.52 Å². The molecule has 0 saturated carbocycles. The van der Waals surface area contributed by atoms with E-state index < -0.39 is 0 Å². The summed E-state index contributed by atoms with van der Waals surface area (Å²) in [7, 11) is 1.98. The molecule has 0 aliphatic carbocycles. The quantitative estimate of drug-likeness (QED) is 0.847. The Morgan fingerprint density at radius 2 is 2.00 bits per heavy atom. The van der Waals surface area contributed by atoms with E-state index in [0.717, 1.165) is 13.0 Å². The van der Waals surface area contributed by atoms with Crippen molar-refractivity contribution in [3.63, 3.8) is 0 Å². The largest absolute Gasteiger partial charge is 0.423 e. The smallest absolute Gasteiger partial charge is 0.230 e. The van der Waals surface area contributed by atoms with Crippen LogP contribution in [0.4, 0.5) is 0 Å². The van der Waals surface area contributed by atoms with E-state index in [9.17, 15) is 5.11 Å². The highest BCUT2D eigenvalue weighted by Gasteiger charge is 2.21. The summed E-state index contributed by atoms with van der Waals surface area (Å²) in [6, 6.07) is 0. The molecule has 1 heterocycles. The summed E-state index contributed by atoms with van der Waals surface area (Å²) in [4.78, 5) is 2.06. The molecule has 0 saturated heterocycles. The normalized spacial score (nSPS) is 14.3. The van der Waals surface area contributed by atoms with Gasteiger partial charge in [-0.2, -0.15) is 0 Å². The molecule has 17 heavy (non-hydrogen) atoms. The maximum absolute atomic E-state index is 9.20. The van der Waals surface area contributed by atoms with Crippen molar-refractivity contribution in [1.82, 2.24) is 15.1 Å². The van der Waals surface area contributed by atoms with E-state index in [2.05, 4.69) is 15.1 Å². The van der Waals surface area contributed by atoms with E-state index in [1.165, 1.54) is 0 Å². The molecule has 5 nitrogen and oxygen atoms in total. The van der Waals surface area contributed by atoms with Gasteiger partial charge in [-0.15, -0.1) is 10.2 Å². The molecule has 0 spiro atoms. The third-order valence-corrected chi connectivity index (χ3v) is 2.44. The average Bonchev–Trinajstić information content (AvgIpc) is 2.62. The van der Waals surface area contributed by atoms with Crippen molar-refractivity contribution in [3.05, 3.63) is 11.8 Å². The molecule has 1 N–H and O–H groups in total. The minimum Gasteiger partial charge on any atom is -0.423 e. The number of aliphatic hydroxyl groups is 1. The minimum atomic E-state index is -0.273. The first kappa shape index (κ1) is 14.1. The summed E-state index contributed by atoms with van der Waals surface area (Å²) in [5.74, 6) is 1.29. The monoisotopic (exact) mass is 241 g/mol. The molecule has 1 aromatic rings. The summed E-state index contributed by atoms with van der Waals surface area (Å²) in [6.07, 6.45) is 0.474. The van der Waals surface area contributed by atoms with Crippen LogP contribution < -0.4 is 0 Å². The lowest BCUT2D eigenvalue weighted by molar-refractivity contribution is 0.159. The molecular weight excluding hydrogens is 218 g/mol. The van der Waals surface area contributed by atoms with E-state index in [-0.39, 0.29) is 11.5 Å². The van der Waals surface area contributed by atoms with Crippen molar-refractivity contribution >= 4 is 0 Å². The molecule has 0 amide bonds. The Morgan fingerprint density at radius 1 is 1.35 bits per heavy atom. The van der Waals surface area contributed by atoms with Gasteiger partial charge in [-0.25, -0.2) is 0 Å². The van der Waals surface area contributed by atoms with Gasteiger partial charge in [0.1, 0.15) is 0 Å². The molecule has 0 aliphatic rings. The van der Waals surface area contributed by atoms with Crippen molar-refractivity contribution in [2.45, 2.75) is 52.2 Å². The SMILES string of the molecule is CC(O)CCN(C)Cc1nnc(C(C)(C)C)o1. The Hall–Kier alpha value is -0.940. The second-order valence-electron chi connectivity index (χ2n) is 5.63. The van der Waals surface area contributed by atoms with E-state index in [1.807, 2.05) is 27.8 Å². The Labute approximate surface area is 103 Å². The van der Waals surface area contributed by atoms with Gasteiger partial charge in [0.15, 0.2) is 0 Å². The molecule has 0 aromatic carbocycles. The highest BCUT2D eigenvalue weighted by molar-refractivity contribution is 4.95. The number of aliphatic hydroxyl groups excluding tert-OH is 1. The minimum absolute atomic E-state index is 0.108. The lowest BCUT2D eigenvalue weighted by Gasteiger charge is -2.15. The van der Waals surface area contributed by atoms with Crippen LogP contribution >= 0.6 is 0 Å². The summed E-state index contributed by atoms with van der Waals surface area (Å²) < 4.78 is 5.60. The highest BCUT2D eigenvalue weighted by atomic mass is 16.4. The third-order valence-electron chi connectivity index (χ3n) is 2.44. The maximum atomic E-state index is 9.20. The van der Waals surface area contributed by atoms with Gasteiger partial charge in [-0.1, -0.05) is 20.8 Å². The van der Waals surface area contributed by atoms with Crippen LogP contribution in [0.25, 0.3) is 0 Å². The van der Waals surface area contributed by atoms with Crippen LogP contribution in [0, 0.1) is 0 Å². The molecule has 98 valence electrons. The van der Waals surface area contributed by atoms with Crippen LogP contribution in [0.15, 0.2) is 4.42 Å². The lowest BCUT2D eigenvalue weighted by Crippen LogP contribution is -2.22. The molecule has 1 atom stereocenters. The van der Waals surface area contributed by atoms with E-state index in [0.29, 0.717) is 18.3 Å². The second kappa shape index (κ2) is 5.60. The van der Waals surface area contributed by atoms with Crippen molar-refractivity contribution in [2.24, 2.45) is 0 Å². The summed E-state index contributed by atoms with van der Waals surface area (Å²) in [6.45, 7) is 9.35. The van der Waals surface area contributed by atoms with Crippen molar-refractivity contribution < 1.29 is 9.52 Å². The molecule has 5 heteroatoms. The van der Waals surface area contributed by atoms with E-state index >= 15 is 0 Å². The molecule has 0 fully saturated rings. The van der Waals surface area contributed by atoms with Gasteiger partial charge in [0.2, 0.25) is 11.8 Å². The van der Waals surface area contributed by atoms with Crippen molar-refractivity contribution in [3.8, 4) is 0 Å². The van der Waals surface area contributed by atoms with Crippen LogP contribution in [0.3, 0.4) is 0 Å². The number of hydrogen-bond acceptors (Lipinski definition) is 5. The molecule has 1 rings (SSSR count). The van der Waals surface area contributed by atoms with Crippen LogP contribution in [0.1, 0.15) is 45.9 Å². The average molecular weight is 241 g/mol. The molecule has 0 aliphatic heterocycles.